The minimum Gasteiger partial charge on any atom is -0.497 e. The summed E-state index contributed by atoms with van der Waals surface area (Å²) in [6.07, 6.45) is 4.97. The second-order valence-corrected chi connectivity index (χ2v) is 7.87. The van der Waals surface area contributed by atoms with Crippen LogP contribution < -0.4 is 10.1 Å². The molecule has 4 rings (SSSR count). The van der Waals surface area contributed by atoms with Gasteiger partial charge in [0.15, 0.2) is 11.7 Å². The van der Waals surface area contributed by atoms with E-state index in [1.807, 2.05) is 53.4 Å². The zero-order valence-corrected chi connectivity index (χ0v) is 18.2. The number of benzene rings is 2. The maximum atomic E-state index is 12.4. The van der Waals surface area contributed by atoms with E-state index in [1.54, 1.807) is 13.3 Å². The molecule has 0 radical (unpaired) electrons. The molecule has 1 saturated heterocycles. The van der Waals surface area contributed by atoms with Gasteiger partial charge in [-0.3, -0.25) is 9.59 Å². The molecule has 2 amide bonds. The molecule has 0 bridgehead atoms. The van der Waals surface area contributed by atoms with Crippen molar-refractivity contribution in [2.75, 3.05) is 19.0 Å². The van der Waals surface area contributed by atoms with Gasteiger partial charge in [-0.15, -0.1) is 0 Å². The van der Waals surface area contributed by atoms with Gasteiger partial charge in [0.1, 0.15) is 5.75 Å². The molecular weight excluding hydrogens is 406 g/mol. The van der Waals surface area contributed by atoms with Crippen LogP contribution >= 0.6 is 0 Å². The van der Waals surface area contributed by atoms with E-state index in [9.17, 15) is 9.59 Å². The van der Waals surface area contributed by atoms with Crippen LogP contribution in [0.25, 0.3) is 11.3 Å². The van der Waals surface area contributed by atoms with E-state index in [2.05, 4.69) is 10.3 Å². The fourth-order valence-corrected chi connectivity index (χ4v) is 3.76. The van der Waals surface area contributed by atoms with Crippen molar-refractivity contribution < 1.29 is 18.7 Å². The number of carbonyl (C=O) groups excluding carboxylic acids is 2. The van der Waals surface area contributed by atoms with Gasteiger partial charge in [0.05, 0.1) is 13.3 Å². The maximum Gasteiger partial charge on any atom is 0.224 e. The van der Waals surface area contributed by atoms with Crippen LogP contribution in [-0.2, 0) is 22.6 Å². The Bertz CT molecular complexity index is 1070. The number of methoxy groups -OCH3 is 1. The molecule has 3 aromatic rings. The van der Waals surface area contributed by atoms with Crippen LogP contribution in [0.15, 0.2) is 59.1 Å². The Hall–Kier alpha value is -3.61. The molecule has 0 aliphatic carbocycles. The molecule has 0 saturated carbocycles. The quantitative estimate of drug-likeness (QED) is 0.568. The number of anilines is 1. The zero-order valence-electron chi connectivity index (χ0n) is 18.2. The molecular formula is C25H27N3O4. The lowest BCUT2D eigenvalue weighted by Crippen LogP contribution is -2.34. The number of ether oxygens (including phenoxy) is 1. The molecule has 0 spiro atoms. The molecule has 0 atom stereocenters. The molecule has 1 aliphatic heterocycles. The van der Waals surface area contributed by atoms with Crippen molar-refractivity contribution in [2.24, 2.45) is 0 Å². The van der Waals surface area contributed by atoms with Crippen LogP contribution in [0.2, 0.25) is 0 Å². The summed E-state index contributed by atoms with van der Waals surface area (Å²) < 4.78 is 11.0. The Morgan fingerprint density at radius 2 is 2.03 bits per heavy atom. The van der Waals surface area contributed by atoms with Gasteiger partial charge in [0.25, 0.3) is 0 Å². The van der Waals surface area contributed by atoms with Gasteiger partial charge in [0.2, 0.25) is 11.8 Å². The van der Waals surface area contributed by atoms with Crippen molar-refractivity contribution in [1.82, 2.24) is 9.88 Å². The third-order valence-corrected chi connectivity index (χ3v) is 5.50. The molecule has 2 aromatic carbocycles. The molecule has 1 N–H and O–H groups in total. The molecule has 1 aromatic heterocycles. The van der Waals surface area contributed by atoms with Crippen LogP contribution in [0.3, 0.4) is 0 Å². The molecule has 2 heterocycles. The van der Waals surface area contributed by atoms with Gasteiger partial charge in [-0.25, -0.2) is 4.98 Å². The summed E-state index contributed by atoms with van der Waals surface area (Å²) in [6.45, 7) is 1.37. The topological polar surface area (TPSA) is 84.7 Å². The highest BCUT2D eigenvalue weighted by Gasteiger charge is 2.18. The zero-order chi connectivity index (χ0) is 22.3. The van der Waals surface area contributed by atoms with E-state index >= 15 is 0 Å². The molecule has 166 valence electrons. The first-order valence-corrected chi connectivity index (χ1v) is 10.9. The average molecular weight is 434 g/mol. The van der Waals surface area contributed by atoms with E-state index in [0.717, 1.165) is 42.0 Å². The number of amides is 2. The SMILES string of the molecule is COc1ccc(-c2cnc(CCC(=O)Nc3cccc(CN4CCCCC4=O)c3)o2)cc1. The van der Waals surface area contributed by atoms with E-state index < -0.39 is 0 Å². The summed E-state index contributed by atoms with van der Waals surface area (Å²) in [6, 6.07) is 15.2. The molecule has 32 heavy (non-hydrogen) atoms. The van der Waals surface area contributed by atoms with Crippen LogP contribution in [0.5, 0.6) is 5.75 Å². The lowest BCUT2D eigenvalue weighted by molar-refractivity contribution is -0.133. The van der Waals surface area contributed by atoms with E-state index in [0.29, 0.717) is 31.0 Å². The van der Waals surface area contributed by atoms with Crippen molar-refractivity contribution in [3.05, 3.63) is 66.2 Å². The van der Waals surface area contributed by atoms with Gasteiger partial charge in [-0.1, -0.05) is 12.1 Å². The number of nitrogens with one attached hydrogen (secondary N) is 1. The lowest BCUT2D eigenvalue weighted by atomic mass is 10.1. The monoisotopic (exact) mass is 433 g/mol. The Morgan fingerprint density at radius 3 is 2.81 bits per heavy atom. The first kappa shape index (κ1) is 21.6. The first-order chi connectivity index (χ1) is 15.6. The van der Waals surface area contributed by atoms with Gasteiger partial charge in [-0.05, 0) is 54.8 Å². The highest BCUT2D eigenvalue weighted by atomic mass is 16.5. The standard InChI is InChI=1S/C25H27N3O4/c1-31-21-10-8-19(9-11-21)22-16-26-24(32-22)13-12-23(29)27-20-6-4-5-18(15-20)17-28-14-3-2-7-25(28)30/h4-6,8-11,15-16H,2-3,7,12-14,17H2,1H3,(H,27,29). The van der Waals surface area contributed by atoms with Crippen molar-refractivity contribution in [3.8, 4) is 17.1 Å². The van der Waals surface area contributed by atoms with Gasteiger partial charge in [0, 0.05) is 43.6 Å². The molecule has 1 aliphatic rings. The predicted octanol–water partition coefficient (Wildman–Crippen LogP) is 4.43. The lowest BCUT2D eigenvalue weighted by Gasteiger charge is -2.26. The summed E-state index contributed by atoms with van der Waals surface area (Å²) in [5.74, 6) is 2.04. The number of hydrogen-bond acceptors (Lipinski definition) is 5. The number of likely N-dealkylation sites (tertiary alicyclic amines) is 1. The van der Waals surface area contributed by atoms with E-state index in [4.69, 9.17) is 9.15 Å². The number of oxazole rings is 1. The van der Waals surface area contributed by atoms with Crippen molar-refractivity contribution in [3.63, 3.8) is 0 Å². The fraction of sp³-hybridized carbons (Fsp3) is 0.320. The number of carbonyl (C=O) groups is 2. The van der Waals surface area contributed by atoms with Crippen LogP contribution in [0, 0.1) is 0 Å². The normalized spacial score (nSPS) is 13.8. The Labute approximate surface area is 187 Å². The minimum atomic E-state index is -0.111. The summed E-state index contributed by atoms with van der Waals surface area (Å²) in [5.41, 5.74) is 2.64. The van der Waals surface area contributed by atoms with Crippen LogP contribution in [0.4, 0.5) is 5.69 Å². The molecule has 0 unspecified atom stereocenters. The third-order valence-electron chi connectivity index (χ3n) is 5.50. The third kappa shape index (κ3) is 5.55. The second kappa shape index (κ2) is 10.1. The summed E-state index contributed by atoms with van der Waals surface area (Å²) in [7, 11) is 1.62. The number of aryl methyl sites for hydroxylation is 1. The Morgan fingerprint density at radius 1 is 1.19 bits per heavy atom. The number of aromatic nitrogens is 1. The number of hydrogen-bond donors (Lipinski definition) is 1. The fourth-order valence-electron chi connectivity index (χ4n) is 3.76. The Kier molecular flexibility index (Phi) is 6.84. The predicted molar refractivity (Wildman–Crippen MR) is 121 cm³/mol. The summed E-state index contributed by atoms with van der Waals surface area (Å²) >= 11 is 0. The van der Waals surface area contributed by atoms with Crippen molar-refractivity contribution in [2.45, 2.75) is 38.6 Å². The van der Waals surface area contributed by atoms with Gasteiger partial charge in [-0.2, -0.15) is 0 Å². The highest BCUT2D eigenvalue weighted by Crippen LogP contribution is 2.23. The second-order valence-electron chi connectivity index (χ2n) is 7.87. The number of piperidine rings is 1. The number of nitrogens with zero attached hydrogens (tertiary/aromatic N) is 2. The summed E-state index contributed by atoms with van der Waals surface area (Å²) in [4.78, 5) is 30.6. The number of rotatable bonds is 8. The van der Waals surface area contributed by atoms with Crippen LogP contribution in [-0.4, -0.2) is 35.4 Å². The Balaban J connectivity index is 1.29. The smallest absolute Gasteiger partial charge is 0.224 e. The largest absolute Gasteiger partial charge is 0.497 e. The molecule has 7 nitrogen and oxygen atoms in total. The first-order valence-electron chi connectivity index (χ1n) is 10.9. The average Bonchev–Trinajstić information content (AvgIpc) is 3.29. The molecule has 1 fully saturated rings. The van der Waals surface area contributed by atoms with E-state index in [-0.39, 0.29) is 18.2 Å². The minimum absolute atomic E-state index is 0.111. The van der Waals surface area contributed by atoms with E-state index in [1.165, 1.54) is 0 Å². The van der Waals surface area contributed by atoms with Gasteiger partial charge < -0.3 is 19.4 Å². The highest BCUT2D eigenvalue weighted by molar-refractivity contribution is 5.90. The van der Waals surface area contributed by atoms with Crippen molar-refractivity contribution >= 4 is 17.5 Å². The van der Waals surface area contributed by atoms with Crippen molar-refractivity contribution in [1.29, 1.82) is 0 Å². The molecule has 7 heteroatoms. The maximum absolute atomic E-state index is 12.4. The van der Waals surface area contributed by atoms with Gasteiger partial charge >= 0.3 is 0 Å². The summed E-state index contributed by atoms with van der Waals surface area (Å²) in [5, 5.41) is 2.93. The van der Waals surface area contributed by atoms with Crippen LogP contribution in [0.1, 0.15) is 37.1 Å².